The molecule has 3 aromatic rings. The number of allylic oxidation sites excluding steroid dienone is 1. The third-order valence-electron chi connectivity index (χ3n) is 7.14. The molecule has 0 amide bonds. The number of rotatable bonds is 8. The van der Waals surface area contributed by atoms with Crippen molar-refractivity contribution in [2.75, 3.05) is 18.0 Å². The molecule has 4 rings (SSSR count). The average Bonchev–Trinajstić information content (AvgIpc) is 2.88. The SMILES string of the molecule is COc1cc(S(=O)(=O)N2CC(CC(C)(C)C(=O)O)Cc3ccc(C=C(C)c4c(F)cccc4Cl)cc32)ccc1F. The van der Waals surface area contributed by atoms with Gasteiger partial charge in [-0.25, -0.2) is 17.2 Å². The minimum absolute atomic E-state index is 0.0248. The first-order chi connectivity index (χ1) is 18.7. The van der Waals surface area contributed by atoms with Gasteiger partial charge in [-0.3, -0.25) is 9.10 Å². The first-order valence-corrected chi connectivity index (χ1v) is 14.4. The Morgan fingerprint density at radius 1 is 1.15 bits per heavy atom. The summed E-state index contributed by atoms with van der Waals surface area (Å²) in [6.07, 6.45) is 2.43. The Hall–Kier alpha value is -3.43. The second kappa shape index (κ2) is 11.2. The lowest BCUT2D eigenvalue weighted by molar-refractivity contribution is -0.147. The lowest BCUT2D eigenvalue weighted by Crippen LogP contribution is -2.42. The molecule has 0 saturated heterocycles. The molecule has 1 heterocycles. The van der Waals surface area contributed by atoms with Crippen LogP contribution in [0.15, 0.2) is 59.5 Å². The quantitative estimate of drug-likeness (QED) is 0.285. The number of carboxylic acids is 1. The van der Waals surface area contributed by atoms with Gasteiger partial charge in [0.15, 0.2) is 11.6 Å². The number of hydrogen-bond acceptors (Lipinski definition) is 4. The van der Waals surface area contributed by atoms with E-state index in [-0.39, 0.29) is 40.1 Å². The Morgan fingerprint density at radius 3 is 2.52 bits per heavy atom. The molecule has 0 aliphatic carbocycles. The van der Waals surface area contributed by atoms with Crippen LogP contribution < -0.4 is 9.04 Å². The fraction of sp³-hybridized carbons (Fsp3) is 0.300. The molecule has 0 fully saturated rings. The summed E-state index contributed by atoms with van der Waals surface area (Å²) < 4.78 is 62.8. The van der Waals surface area contributed by atoms with Crippen molar-refractivity contribution in [1.29, 1.82) is 0 Å². The highest BCUT2D eigenvalue weighted by molar-refractivity contribution is 7.92. The van der Waals surface area contributed by atoms with E-state index in [1.165, 1.54) is 29.6 Å². The number of ether oxygens (including phenoxy) is 1. The van der Waals surface area contributed by atoms with Crippen LogP contribution in [0, 0.1) is 23.0 Å². The third-order valence-corrected chi connectivity index (χ3v) is 9.23. The van der Waals surface area contributed by atoms with Gasteiger partial charge in [0.05, 0.1) is 28.1 Å². The molecular formula is C30H30ClF2NO5S. The summed E-state index contributed by atoms with van der Waals surface area (Å²) in [4.78, 5) is 11.7. The van der Waals surface area contributed by atoms with Gasteiger partial charge < -0.3 is 9.84 Å². The Bertz CT molecular complexity index is 1580. The standard InChI is InChI=1S/C30H30ClF2NO5S/c1-18(28-23(31)6-5-7-25(28)33)12-19-8-9-21-13-20(16-30(2,3)29(35)36)17-34(26(21)14-19)40(37,38)22-10-11-24(32)27(15-22)39-4/h5-12,14-15,20H,13,16-17H2,1-4H3,(H,35,36). The van der Waals surface area contributed by atoms with Crippen molar-refractivity contribution in [3.8, 4) is 5.75 Å². The highest BCUT2D eigenvalue weighted by Gasteiger charge is 2.38. The Morgan fingerprint density at radius 2 is 1.88 bits per heavy atom. The number of aliphatic carboxylic acids is 1. The fourth-order valence-electron chi connectivity index (χ4n) is 5.08. The second-order valence-electron chi connectivity index (χ2n) is 10.6. The minimum Gasteiger partial charge on any atom is -0.494 e. The number of benzene rings is 3. The maximum atomic E-state index is 14.5. The lowest BCUT2D eigenvalue weighted by Gasteiger charge is -2.37. The van der Waals surface area contributed by atoms with Gasteiger partial charge in [0.2, 0.25) is 0 Å². The number of anilines is 1. The summed E-state index contributed by atoms with van der Waals surface area (Å²) >= 11 is 6.24. The van der Waals surface area contributed by atoms with Crippen LogP contribution in [-0.2, 0) is 21.2 Å². The summed E-state index contributed by atoms with van der Waals surface area (Å²) in [6, 6.07) is 13.0. The lowest BCUT2D eigenvalue weighted by atomic mass is 9.79. The minimum atomic E-state index is -4.21. The second-order valence-corrected chi connectivity index (χ2v) is 12.9. The molecule has 1 unspecified atom stereocenters. The molecule has 1 N–H and O–H groups in total. The van der Waals surface area contributed by atoms with E-state index in [2.05, 4.69) is 0 Å². The van der Waals surface area contributed by atoms with Crippen molar-refractivity contribution >= 4 is 44.9 Å². The first kappa shape index (κ1) is 29.6. The number of nitrogens with zero attached hydrogens (tertiary/aromatic N) is 1. The zero-order valence-electron chi connectivity index (χ0n) is 22.5. The van der Waals surface area contributed by atoms with Crippen molar-refractivity contribution < 1.29 is 31.8 Å². The largest absolute Gasteiger partial charge is 0.494 e. The normalized spacial score (nSPS) is 16.0. The molecule has 10 heteroatoms. The molecule has 3 aromatic carbocycles. The van der Waals surface area contributed by atoms with Crippen LogP contribution in [0.2, 0.25) is 5.02 Å². The monoisotopic (exact) mass is 589 g/mol. The molecule has 0 aromatic heterocycles. The van der Waals surface area contributed by atoms with Crippen LogP contribution in [0.4, 0.5) is 14.5 Å². The van der Waals surface area contributed by atoms with Crippen LogP contribution >= 0.6 is 11.6 Å². The van der Waals surface area contributed by atoms with E-state index in [4.69, 9.17) is 16.3 Å². The molecule has 1 atom stereocenters. The molecule has 6 nitrogen and oxygen atoms in total. The predicted molar refractivity (Wildman–Crippen MR) is 152 cm³/mol. The topological polar surface area (TPSA) is 83.9 Å². The Labute approximate surface area is 237 Å². The van der Waals surface area contributed by atoms with Crippen molar-refractivity contribution in [1.82, 2.24) is 0 Å². The van der Waals surface area contributed by atoms with Crippen LogP contribution in [0.3, 0.4) is 0 Å². The zero-order chi connectivity index (χ0) is 29.4. The molecule has 212 valence electrons. The number of fused-ring (bicyclic) bond motifs is 1. The van der Waals surface area contributed by atoms with E-state index in [0.717, 1.165) is 12.1 Å². The number of methoxy groups -OCH3 is 1. The van der Waals surface area contributed by atoms with Gasteiger partial charge in [-0.05, 0) is 86.6 Å². The number of carboxylic acid groups (broad SMARTS) is 1. The zero-order valence-corrected chi connectivity index (χ0v) is 24.1. The van der Waals surface area contributed by atoms with Gasteiger partial charge in [0.1, 0.15) is 5.82 Å². The van der Waals surface area contributed by atoms with E-state index >= 15 is 0 Å². The fourth-order valence-corrected chi connectivity index (χ4v) is 6.98. The van der Waals surface area contributed by atoms with Crippen LogP contribution in [0.1, 0.15) is 43.9 Å². The van der Waals surface area contributed by atoms with Gasteiger partial charge in [-0.15, -0.1) is 0 Å². The van der Waals surface area contributed by atoms with Gasteiger partial charge in [0, 0.05) is 18.2 Å². The molecular weight excluding hydrogens is 560 g/mol. The molecule has 0 radical (unpaired) electrons. The van der Waals surface area contributed by atoms with Gasteiger partial charge in [-0.2, -0.15) is 0 Å². The maximum Gasteiger partial charge on any atom is 0.309 e. The summed E-state index contributed by atoms with van der Waals surface area (Å²) in [5, 5.41) is 9.94. The van der Waals surface area contributed by atoms with Gasteiger partial charge in [0.25, 0.3) is 10.0 Å². The number of carbonyl (C=O) groups is 1. The molecule has 40 heavy (non-hydrogen) atoms. The maximum absolute atomic E-state index is 14.5. The summed E-state index contributed by atoms with van der Waals surface area (Å²) in [5.41, 5.74) is 1.48. The highest BCUT2D eigenvalue weighted by Crippen LogP contribution is 2.40. The van der Waals surface area contributed by atoms with Gasteiger partial charge >= 0.3 is 5.97 Å². The first-order valence-electron chi connectivity index (χ1n) is 12.6. The number of halogens is 3. The number of sulfonamides is 1. The van der Waals surface area contributed by atoms with Crippen molar-refractivity contribution in [2.45, 2.75) is 38.5 Å². The van der Waals surface area contributed by atoms with Crippen LogP contribution in [-0.4, -0.2) is 33.1 Å². The van der Waals surface area contributed by atoms with Gasteiger partial charge in [-0.1, -0.05) is 35.9 Å². The summed E-state index contributed by atoms with van der Waals surface area (Å²) in [7, 11) is -2.96. The Kier molecular flexibility index (Phi) is 8.28. The molecule has 1 aliphatic rings. The van der Waals surface area contributed by atoms with E-state index in [0.29, 0.717) is 28.8 Å². The third kappa shape index (κ3) is 5.86. The van der Waals surface area contributed by atoms with E-state index < -0.39 is 33.0 Å². The van der Waals surface area contributed by atoms with Crippen LogP contribution in [0.25, 0.3) is 11.6 Å². The summed E-state index contributed by atoms with van der Waals surface area (Å²) in [6.45, 7) is 4.96. The Balaban J connectivity index is 1.82. The predicted octanol–water partition coefficient (Wildman–Crippen LogP) is 7.06. The van der Waals surface area contributed by atoms with Crippen molar-refractivity contribution in [3.05, 3.63) is 87.9 Å². The van der Waals surface area contributed by atoms with E-state index in [1.54, 1.807) is 51.1 Å². The number of hydrogen-bond donors (Lipinski definition) is 1. The molecule has 1 aliphatic heterocycles. The van der Waals surface area contributed by atoms with Crippen molar-refractivity contribution in [3.63, 3.8) is 0 Å². The molecule has 0 spiro atoms. The van der Waals surface area contributed by atoms with Crippen molar-refractivity contribution in [2.24, 2.45) is 11.3 Å². The smallest absolute Gasteiger partial charge is 0.309 e. The average molecular weight is 590 g/mol. The molecule has 0 bridgehead atoms. The van der Waals surface area contributed by atoms with Crippen LogP contribution in [0.5, 0.6) is 5.75 Å². The highest BCUT2D eigenvalue weighted by atomic mass is 35.5. The van der Waals surface area contributed by atoms with E-state index in [1.807, 2.05) is 0 Å². The molecule has 0 saturated carbocycles. The van der Waals surface area contributed by atoms with E-state index in [9.17, 15) is 27.1 Å². The summed E-state index contributed by atoms with van der Waals surface area (Å²) in [5.74, 6) is -2.65.